The Morgan fingerprint density at radius 1 is 0.950 bits per heavy atom. The molecule has 2 aliphatic carbocycles. The van der Waals surface area contributed by atoms with Crippen LogP contribution in [0.25, 0.3) is 0 Å². The summed E-state index contributed by atoms with van der Waals surface area (Å²) in [6.07, 6.45) is 8.25. The van der Waals surface area contributed by atoms with Gasteiger partial charge in [0.15, 0.2) is 11.5 Å². The fourth-order valence-corrected chi connectivity index (χ4v) is 5.87. The van der Waals surface area contributed by atoms with E-state index in [-0.39, 0.29) is 36.0 Å². The Morgan fingerprint density at radius 3 is 2.33 bits per heavy atom. The SMILES string of the molecule is COCCCOc1cc(C(=O)N(C[C@@H]2CNC[C@H]2CN(C(=O)OC2CCCCC2)C2CC2)C(C)C)ccc1OC. The minimum Gasteiger partial charge on any atom is -0.493 e. The lowest BCUT2D eigenvalue weighted by Crippen LogP contribution is -2.45. The first-order valence-corrected chi connectivity index (χ1v) is 15.2. The van der Waals surface area contributed by atoms with Gasteiger partial charge in [-0.3, -0.25) is 4.79 Å². The predicted molar refractivity (Wildman–Crippen MR) is 154 cm³/mol. The van der Waals surface area contributed by atoms with Gasteiger partial charge in [-0.05, 0) is 82.4 Å². The maximum atomic E-state index is 13.8. The molecule has 40 heavy (non-hydrogen) atoms. The first kappa shape index (κ1) is 30.4. The van der Waals surface area contributed by atoms with Crippen LogP contribution in [0.1, 0.15) is 75.6 Å². The molecule has 1 saturated heterocycles. The van der Waals surface area contributed by atoms with Crippen LogP contribution >= 0.6 is 0 Å². The maximum absolute atomic E-state index is 13.8. The van der Waals surface area contributed by atoms with Gasteiger partial charge >= 0.3 is 6.09 Å². The van der Waals surface area contributed by atoms with Crippen LogP contribution in [0, 0.1) is 11.8 Å². The van der Waals surface area contributed by atoms with E-state index < -0.39 is 0 Å². The molecule has 2 amide bonds. The summed E-state index contributed by atoms with van der Waals surface area (Å²) in [5, 5.41) is 3.52. The van der Waals surface area contributed by atoms with Gasteiger partial charge in [0.2, 0.25) is 0 Å². The van der Waals surface area contributed by atoms with Crippen LogP contribution in [-0.4, -0.2) is 93.6 Å². The van der Waals surface area contributed by atoms with Crippen LogP contribution in [0.3, 0.4) is 0 Å². The monoisotopic (exact) mass is 559 g/mol. The molecule has 1 aromatic carbocycles. The van der Waals surface area contributed by atoms with E-state index >= 15 is 0 Å². The molecule has 2 atom stereocenters. The summed E-state index contributed by atoms with van der Waals surface area (Å²) in [6, 6.07) is 5.70. The van der Waals surface area contributed by atoms with Gasteiger partial charge in [-0.25, -0.2) is 4.79 Å². The molecule has 224 valence electrons. The molecule has 9 nitrogen and oxygen atoms in total. The smallest absolute Gasteiger partial charge is 0.410 e. The van der Waals surface area contributed by atoms with E-state index in [0.717, 1.165) is 58.0 Å². The van der Waals surface area contributed by atoms with Gasteiger partial charge in [0.25, 0.3) is 5.91 Å². The Bertz CT molecular complexity index is 962. The van der Waals surface area contributed by atoms with E-state index in [0.29, 0.717) is 49.4 Å². The zero-order valence-electron chi connectivity index (χ0n) is 24.9. The quantitative estimate of drug-likeness (QED) is 0.330. The first-order chi connectivity index (χ1) is 19.4. The van der Waals surface area contributed by atoms with Crippen molar-refractivity contribution >= 4 is 12.0 Å². The molecular formula is C31H49N3O6. The van der Waals surface area contributed by atoms with Crippen LogP contribution in [0.2, 0.25) is 0 Å². The van der Waals surface area contributed by atoms with E-state index in [4.69, 9.17) is 18.9 Å². The number of amides is 2. The molecule has 3 aliphatic rings. The lowest BCUT2D eigenvalue weighted by Gasteiger charge is -2.34. The fraction of sp³-hybridized carbons (Fsp3) is 0.742. The van der Waals surface area contributed by atoms with Crippen LogP contribution in [0.15, 0.2) is 18.2 Å². The van der Waals surface area contributed by atoms with Crippen molar-refractivity contribution < 1.29 is 28.5 Å². The Morgan fingerprint density at radius 2 is 1.68 bits per heavy atom. The Balaban J connectivity index is 1.40. The van der Waals surface area contributed by atoms with Gasteiger partial charge in [-0.15, -0.1) is 0 Å². The number of rotatable bonds is 14. The van der Waals surface area contributed by atoms with Crippen molar-refractivity contribution in [2.24, 2.45) is 11.8 Å². The van der Waals surface area contributed by atoms with Gasteiger partial charge in [0.1, 0.15) is 6.10 Å². The number of benzene rings is 1. The minimum absolute atomic E-state index is 0.0257. The summed E-state index contributed by atoms with van der Waals surface area (Å²) in [5.41, 5.74) is 0.578. The van der Waals surface area contributed by atoms with Crippen molar-refractivity contribution in [2.45, 2.75) is 83.4 Å². The van der Waals surface area contributed by atoms with Crippen LogP contribution in [0.4, 0.5) is 4.79 Å². The molecule has 1 heterocycles. The lowest BCUT2D eigenvalue weighted by atomic mass is 9.94. The van der Waals surface area contributed by atoms with Gasteiger partial charge in [0.05, 0.1) is 13.7 Å². The second-order valence-electron chi connectivity index (χ2n) is 11.8. The molecule has 0 aromatic heterocycles. The highest BCUT2D eigenvalue weighted by atomic mass is 16.6. The van der Waals surface area contributed by atoms with E-state index in [1.54, 1.807) is 32.4 Å². The average molecular weight is 560 g/mol. The molecule has 0 radical (unpaired) electrons. The van der Waals surface area contributed by atoms with E-state index in [1.165, 1.54) is 6.42 Å². The summed E-state index contributed by atoms with van der Waals surface area (Å²) < 4.78 is 22.5. The largest absolute Gasteiger partial charge is 0.493 e. The van der Waals surface area contributed by atoms with Crippen LogP contribution < -0.4 is 14.8 Å². The zero-order chi connectivity index (χ0) is 28.5. The molecule has 1 N–H and O–H groups in total. The highest BCUT2D eigenvalue weighted by Crippen LogP contribution is 2.33. The molecular weight excluding hydrogens is 510 g/mol. The third-order valence-electron chi connectivity index (χ3n) is 8.43. The Labute approximate surface area is 239 Å². The minimum atomic E-state index is -0.145. The first-order valence-electron chi connectivity index (χ1n) is 15.2. The normalized spacial score (nSPS) is 21.3. The Hall–Kier alpha value is -2.52. The number of hydrogen-bond donors (Lipinski definition) is 1. The van der Waals surface area contributed by atoms with Gasteiger partial charge in [-0.1, -0.05) is 6.42 Å². The molecule has 0 unspecified atom stereocenters. The molecule has 3 fully saturated rings. The summed E-state index contributed by atoms with van der Waals surface area (Å²) in [7, 11) is 3.26. The molecule has 0 bridgehead atoms. The Kier molecular flexibility index (Phi) is 11.4. The number of hydrogen-bond acceptors (Lipinski definition) is 7. The summed E-state index contributed by atoms with van der Waals surface area (Å²) in [4.78, 5) is 30.9. The summed E-state index contributed by atoms with van der Waals surface area (Å²) in [5.74, 6) is 1.65. The van der Waals surface area contributed by atoms with Crippen molar-refractivity contribution in [2.75, 3.05) is 53.6 Å². The molecule has 1 aliphatic heterocycles. The molecule has 1 aromatic rings. The number of ether oxygens (including phenoxy) is 4. The van der Waals surface area contributed by atoms with Gasteiger partial charge < -0.3 is 34.1 Å². The number of nitrogens with one attached hydrogen (secondary N) is 1. The molecule has 9 heteroatoms. The fourth-order valence-electron chi connectivity index (χ4n) is 5.87. The third-order valence-corrected chi connectivity index (χ3v) is 8.43. The maximum Gasteiger partial charge on any atom is 0.410 e. The average Bonchev–Trinajstić information content (AvgIpc) is 3.71. The molecule has 0 spiro atoms. The van der Waals surface area contributed by atoms with Crippen LogP contribution in [-0.2, 0) is 9.47 Å². The van der Waals surface area contributed by atoms with E-state index in [1.807, 2.05) is 9.80 Å². The van der Waals surface area contributed by atoms with Crippen LogP contribution in [0.5, 0.6) is 11.5 Å². The third kappa shape index (κ3) is 8.26. The second-order valence-corrected chi connectivity index (χ2v) is 11.8. The van der Waals surface area contributed by atoms with Crippen molar-refractivity contribution in [1.82, 2.24) is 15.1 Å². The molecule has 4 rings (SSSR count). The second kappa shape index (κ2) is 14.9. The molecule has 2 saturated carbocycles. The number of nitrogens with zero attached hydrogens (tertiary/aromatic N) is 2. The van der Waals surface area contributed by atoms with Gasteiger partial charge in [-0.2, -0.15) is 0 Å². The van der Waals surface area contributed by atoms with Gasteiger partial charge in [0, 0.05) is 64.0 Å². The van der Waals surface area contributed by atoms with E-state index in [9.17, 15) is 9.59 Å². The van der Waals surface area contributed by atoms with Crippen molar-refractivity contribution in [1.29, 1.82) is 0 Å². The number of carbonyl (C=O) groups excluding carboxylic acids is 2. The lowest BCUT2D eigenvalue weighted by molar-refractivity contribution is 0.0376. The summed E-state index contributed by atoms with van der Waals surface area (Å²) in [6.45, 7) is 8.16. The van der Waals surface area contributed by atoms with E-state index in [2.05, 4.69) is 19.2 Å². The zero-order valence-corrected chi connectivity index (χ0v) is 24.9. The summed E-state index contributed by atoms with van der Waals surface area (Å²) >= 11 is 0. The highest BCUT2D eigenvalue weighted by molar-refractivity contribution is 5.95. The van der Waals surface area contributed by atoms with Crippen molar-refractivity contribution in [3.05, 3.63) is 23.8 Å². The number of methoxy groups -OCH3 is 2. The topological polar surface area (TPSA) is 89.6 Å². The van der Waals surface area contributed by atoms with Crippen molar-refractivity contribution in [3.63, 3.8) is 0 Å². The standard InChI is InChI=1S/C31H49N3O6/c1-22(2)33(30(35)23-11-14-28(38-4)29(17-23)39-16-8-15-37-3)20-24-18-32-19-25(24)21-34(26-12-13-26)31(36)40-27-9-6-5-7-10-27/h11,14,17,22,24-27,32H,5-10,12-13,15-16,18-21H2,1-4H3/t24-,25-/m0/s1. The van der Waals surface area contributed by atoms with Crippen molar-refractivity contribution in [3.8, 4) is 11.5 Å². The number of carbonyl (C=O) groups is 2. The highest BCUT2D eigenvalue weighted by Gasteiger charge is 2.40. The predicted octanol–water partition coefficient (Wildman–Crippen LogP) is 4.73.